The Kier molecular flexibility index (Phi) is 6.04. The van der Waals surface area contributed by atoms with Crippen molar-refractivity contribution in [1.29, 1.82) is 0 Å². The van der Waals surface area contributed by atoms with Crippen LogP contribution in [0.4, 0.5) is 17.6 Å². The Labute approximate surface area is 141 Å². The molecule has 0 aliphatic carbocycles. The number of rotatable bonds is 6. The third kappa shape index (κ3) is 4.94. The highest BCUT2D eigenvalue weighted by Crippen LogP contribution is 2.28. The molecule has 0 fully saturated rings. The van der Waals surface area contributed by atoms with E-state index < -0.39 is 29.8 Å². The molecular weight excluding hydrogens is 342 g/mol. The predicted molar refractivity (Wildman–Crippen MR) is 81.8 cm³/mol. The zero-order chi connectivity index (χ0) is 18.6. The third-order valence-electron chi connectivity index (χ3n) is 3.58. The third-order valence-corrected chi connectivity index (χ3v) is 3.58. The van der Waals surface area contributed by atoms with Gasteiger partial charge in [0.2, 0.25) is 0 Å². The molecule has 0 saturated carbocycles. The summed E-state index contributed by atoms with van der Waals surface area (Å²) < 4.78 is 51.5. The monoisotopic (exact) mass is 359 g/mol. The molecule has 2 heterocycles. The van der Waals surface area contributed by atoms with Crippen molar-refractivity contribution in [2.75, 3.05) is 6.61 Å². The van der Waals surface area contributed by atoms with E-state index in [1.807, 2.05) is 0 Å². The van der Waals surface area contributed by atoms with Crippen LogP contribution in [0.1, 0.15) is 18.3 Å². The molecule has 0 saturated heterocycles. The molecule has 136 valence electrons. The smallest absolute Gasteiger partial charge is 0.395 e. The van der Waals surface area contributed by atoms with Crippen LogP contribution in [0.2, 0.25) is 0 Å². The minimum absolute atomic E-state index is 0.0106. The van der Waals surface area contributed by atoms with Crippen molar-refractivity contribution in [2.24, 2.45) is 0 Å². The van der Waals surface area contributed by atoms with Gasteiger partial charge in [0, 0.05) is 18.3 Å². The summed E-state index contributed by atoms with van der Waals surface area (Å²) in [5.74, 6) is -0.613. The van der Waals surface area contributed by atoms with Gasteiger partial charge in [-0.3, -0.25) is 4.98 Å². The van der Waals surface area contributed by atoms with Crippen molar-refractivity contribution < 1.29 is 27.8 Å². The van der Waals surface area contributed by atoms with Crippen molar-refractivity contribution in [1.82, 2.24) is 15.3 Å². The van der Waals surface area contributed by atoms with Crippen LogP contribution in [0.25, 0.3) is 11.3 Å². The first-order valence-corrected chi connectivity index (χ1v) is 7.43. The molecule has 3 N–H and O–H groups in total. The van der Waals surface area contributed by atoms with Crippen LogP contribution in [-0.4, -0.2) is 38.9 Å². The molecule has 2 rings (SSSR count). The largest absolute Gasteiger partial charge is 0.433 e. The van der Waals surface area contributed by atoms with Crippen molar-refractivity contribution in [3.8, 4) is 11.3 Å². The lowest BCUT2D eigenvalue weighted by Crippen LogP contribution is -2.41. The van der Waals surface area contributed by atoms with Gasteiger partial charge in [-0.15, -0.1) is 0 Å². The molecule has 0 amide bonds. The van der Waals surface area contributed by atoms with Crippen molar-refractivity contribution in [2.45, 2.75) is 31.8 Å². The van der Waals surface area contributed by atoms with E-state index in [0.717, 1.165) is 18.3 Å². The van der Waals surface area contributed by atoms with Gasteiger partial charge in [-0.2, -0.15) is 13.2 Å². The number of aliphatic hydroxyl groups is 2. The number of aromatic nitrogens is 2. The first-order chi connectivity index (χ1) is 11.7. The highest BCUT2D eigenvalue weighted by molar-refractivity contribution is 5.58. The van der Waals surface area contributed by atoms with E-state index in [2.05, 4.69) is 15.3 Å². The highest BCUT2D eigenvalue weighted by Gasteiger charge is 2.32. The average Bonchev–Trinajstić information content (AvgIpc) is 2.56. The maximum Gasteiger partial charge on any atom is 0.433 e. The number of hydrogen-bond acceptors (Lipinski definition) is 5. The van der Waals surface area contributed by atoms with Gasteiger partial charge < -0.3 is 15.5 Å². The quantitative estimate of drug-likeness (QED) is 0.689. The van der Waals surface area contributed by atoms with Crippen molar-refractivity contribution in [3.63, 3.8) is 0 Å². The lowest BCUT2D eigenvalue weighted by atomic mass is 10.1. The molecule has 9 heteroatoms. The number of pyridine rings is 2. The van der Waals surface area contributed by atoms with E-state index >= 15 is 0 Å². The first-order valence-electron chi connectivity index (χ1n) is 7.43. The van der Waals surface area contributed by atoms with Gasteiger partial charge in [0.05, 0.1) is 30.1 Å². The zero-order valence-corrected chi connectivity index (χ0v) is 13.3. The number of nitrogens with zero attached hydrogens (tertiary/aromatic N) is 2. The van der Waals surface area contributed by atoms with Gasteiger partial charge in [-0.25, -0.2) is 9.37 Å². The maximum absolute atomic E-state index is 13.9. The summed E-state index contributed by atoms with van der Waals surface area (Å²) in [4.78, 5) is 7.43. The molecule has 0 unspecified atom stereocenters. The standard InChI is InChI=1S/C16H17F4N3O2/c1-9(25)14(8-24)21-7-13-11(17)3-4-12(23-13)10-2-5-15(22-6-10)16(18,19)20/h2-6,9,14,21,24-25H,7-8H2,1H3/t9-,14-/m1/s1. The van der Waals surface area contributed by atoms with Crippen molar-refractivity contribution in [3.05, 3.63) is 47.7 Å². The van der Waals surface area contributed by atoms with Crippen LogP contribution in [0.3, 0.4) is 0 Å². The Morgan fingerprint density at radius 3 is 2.44 bits per heavy atom. The minimum Gasteiger partial charge on any atom is -0.395 e. The maximum atomic E-state index is 13.9. The molecule has 0 aliphatic heterocycles. The van der Waals surface area contributed by atoms with E-state index in [-0.39, 0.29) is 24.5 Å². The number of halogens is 4. The summed E-state index contributed by atoms with van der Waals surface area (Å²) in [6.07, 6.45) is -4.37. The first kappa shape index (κ1) is 19.2. The van der Waals surface area contributed by atoms with Gasteiger partial charge in [0.1, 0.15) is 11.5 Å². The Balaban J connectivity index is 2.20. The molecule has 2 atom stereocenters. The Morgan fingerprint density at radius 2 is 1.92 bits per heavy atom. The molecule has 0 radical (unpaired) electrons. The van der Waals surface area contributed by atoms with E-state index in [1.54, 1.807) is 0 Å². The van der Waals surface area contributed by atoms with Gasteiger partial charge >= 0.3 is 6.18 Å². The Bertz CT molecular complexity index is 706. The fourth-order valence-corrected chi connectivity index (χ4v) is 2.10. The van der Waals surface area contributed by atoms with Gasteiger partial charge in [0.15, 0.2) is 0 Å². The number of hydrogen-bond donors (Lipinski definition) is 3. The van der Waals surface area contributed by atoms with E-state index in [9.17, 15) is 22.7 Å². The second-order valence-electron chi connectivity index (χ2n) is 5.47. The van der Waals surface area contributed by atoms with Crippen LogP contribution in [0.15, 0.2) is 30.5 Å². The summed E-state index contributed by atoms with van der Waals surface area (Å²) in [5, 5.41) is 21.3. The molecule has 25 heavy (non-hydrogen) atoms. The molecule has 5 nitrogen and oxygen atoms in total. The molecule has 0 spiro atoms. The van der Waals surface area contributed by atoms with E-state index in [4.69, 9.17) is 5.11 Å². The van der Waals surface area contributed by atoms with Crippen LogP contribution >= 0.6 is 0 Å². The second-order valence-corrected chi connectivity index (χ2v) is 5.47. The molecule has 0 bridgehead atoms. The number of aliphatic hydroxyl groups excluding tert-OH is 2. The van der Waals surface area contributed by atoms with Gasteiger partial charge in [-0.05, 0) is 31.2 Å². The Hall–Kier alpha value is -2.10. The van der Waals surface area contributed by atoms with Crippen LogP contribution in [0.5, 0.6) is 0 Å². The number of nitrogens with one attached hydrogen (secondary N) is 1. The summed E-state index contributed by atoms with van der Waals surface area (Å²) in [6, 6.07) is 3.86. The summed E-state index contributed by atoms with van der Waals surface area (Å²) in [5.41, 5.74) is -0.444. The van der Waals surface area contributed by atoms with Crippen LogP contribution < -0.4 is 5.32 Å². The van der Waals surface area contributed by atoms with Crippen molar-refractivity contribution >= 4 is 0 Å². The second kappa shape index (κ2) is 7.85. The molecule has 0 aliphatic rings. The normalized spacial score (nSPS) is 14.4. The van der Waals surface area contributed by atoms with E-state index in [1.165, 1.54) is 19.1 Å². The molecule has 0 aromatic carbocycles. The van der Waals surface area contributed by atoms with Crippen LogP contribution in [0, 0.1) is 5.82 Å². The fraction of sp³-hybridized carbons (Fsp3) is 0.375. The number of alkyl halides is 3. The molecular formula is C16H17F4N3O2. The van der Waals surface area contributed by atoms with Gasteiger partial charge in [0.25, 0.3) is 0 Å². The summed E-state index contributed by atoms with van der Waals surface area (Å²) >= 11 is 0. The topological polar surface area (TPSA) is 78.3 Å². The summed E-state index contributed by atoms with van der Waals surface area (Å²) in [6.45, 7) is 1.06. The Morgan fingerprint density at radius 1 is 1.20 bits per heavy atom. The minimum atomic E-state index is -4.54. The van der Waals surface area contributed by atoms with Gasteiger partial charge in [-0.1, -0.05) is 0 Å². The van der Waals surface area contributed by atoms with Crippen LogP contribution in [-0.2, 0) is 12.7 Å². The molecule has 2 aromatic rings. The predicted octanol–water partition coefficient (Wildman–Crippen LogP) is 2.13. The molecule has 2 aromatic heterocycles. The average molecular weight is 359 g/mol. The fourth-order valence-electron chi connectivity index (χ4n) is 2.10. The lowest BCUT2D eigenvalue weighted by Gasteiger charge is -2.19. The lowest BCUT2D eigenvalue weighted by molar-refractivity contribution is -0.141. The van der Waals surface area contributed by atoms with E-state index in [0.29, 0.717) is 5.56 Å². The zero-order valence-electron chi connectivity index (χ0n) is 13.3. The summed E-state index contributed by atoms with van der Waals surface area (Å²) in [7, 11) is 0. The SMILES string of the molecule is C[C@@H](O)[C@@H](CO)NCc1nc(-c2ccc(C(F)(F)F)nc2)ccc1F. The highest BCUT2D eigenvalue weighted by atomic mass is 19.4.